The molecule has 0 saturated heterocycles. The summed E-state index contributed by atoms with van der Waals surface area (Å²) in [5.74, 6) is 3.39. The molecule has 0 aromatic heterocycles. The van der Waals surface area contributed by atoms with Gasteiger partial charge in [0, 0.05) is 6.61 Å². The lowest BCUT2D eigenvalue weighted by atomic mass is 10.1. The number of unbranched alkanes of at least 4 members (excludes halogenated alkanes) is 2. The SMILES string of the molecule is OCCCCCc1ccc2c(c1)OCO2.c1ccc2c(c1)OCO2. The first-order valence-electron chi connectivity index (χ1n) is 8.21. The molecule has 0 bridgehead atoms. The molecule has 2 aliphatic heterocycles. The van der Waals surface area contributed by atoms with E-state index in [-0.39, 0.29) is 0 Å². The number of hydrogen-bond donors (Lipinski definition) is 1. The van der Waals surface area contributed by atoms with Gasteiger partial charge in [-0.05, 0) is 49.1 Å². The first kappa shape index (κ1) is 16.5. The van der Waals surface area contributed by atoms with Gasteiger partial charge in [-0.3, -0.25) is 0 Å². The molecule has 5 nitrogen and oxygen atoms in total. The molecule has 24 heavy (non-hydrogen) atoms. The number of hydrogen-bond acceptors (Lipinski definition) is 5. The van der Waals surface area contributed by atoms with Crippen molar-refractivity contribution in [1.82, 2.24) is 0 Å². The van der Waals surface area contributed by atoms with Crippen LogP contribution in [-0.4, -0.2) is 25.3 Å². The van der Waals surface area contributed by atoms with Crippen LogP contribution in [0.5, 0.6) is 23.0 Å². The molecule has 4 rings (SSSR count). The van der Waals surface area contributed by atoms with Crippen LogP contribution in [0.4, 0.5) is 0 Å². The number of fused-ring (bicyclic) bond motifs is 2. The Balaban J connectivity index is 0.000000159. The maximum atomic E-state index is 8.65. The van der Waals surface area contributed by atoms with E-state index >= 15 is 0 Å². The van der Waals surface area contributed by atoms with E-state index in [1.165, 1.54) is 5.56 Å². The van der Waals surface area contributed by atoms with Crippen molar-refractivity contribution in [3.05, 3.63) is 48.0 Å². The topological polar surface area (TPSA) is 57.2 Å². The number of aliphatic hydroxyl groups excluding tert-OH is 1. The second kappa shape index (κ2) is 8.45. The zero-order valence-electron chi connectivity index (χ0n) is 13.6. The molecule has 0 atom stereocenters. The second-order valence-electron chi connectivity index (χ2n) is 5.58. The Bertz CT molecular complexity index is 633. The fourth-order valence-corrected chi connectivity index (χ4v) is 2.56. The summed E-state index contributed by atoms with van der Waals surface area (Å²) < 4.78 is 20.7. The molecular weight excluding hydrogens is 308 g/mol. The van der Waals surface area contributed by atoms with Crippen LogP contribution in [0.25, 0.3) is 0 Å². The fourth-order valence-electron chi connectivity index (χ4n) is 2.56. The molecule has 0 saturated carbocycles. The van der Waals surface area contributed by atoms with Gasteiger partial charge in [-0.1, -0.05) is 24.6 Å². The molecule has 0 fully saturated rings. The van der Waals surface area contributed by atoms with Crippen LogP contribution in [0.1, 0.15) is 24.8 Å². The zero-order chi connectivity index (χ0) is 16.6. The summed E-state index contributed by atoms with van der Waals surface area (Å²) in [6.07, 6.45) is 4.12. The summed E-state index contributed by atoms with van der Waals surface area (Å²) in [5, 5.41) is 8.65. The van der Waals surface area contributed by atoms with E-state index in [0.717, 1.165) is 48.7 Å². The number of aryl methyl sites for hydroxylation is 1. The third kappa shape index (κ3) is 4.32. The third-order valence-electron chi connectivity index (χ3n) is 3.84. The average molecular weight is 330 g/mol. The van der Waals surface area contributed by atoms with Crippen LogP contribution in [-0.2, 0) is 6.42 Å². The van der Waals surface area contributed by atoms with Gasteiger partial charge in [-0.15, -0.1) is 0 Å². The lowest BCUT2D eigenvalue weighted by Gasteiger charge is -2.02. The molecule has 2 aliphatic rings. The smallest absolute Gasteiger partial charge is 0.231 e. The Hall–Kier alpha value is -2.40. The van der Waals surface area contributed by atoms with E-state index < -0.39 is 0 Å². The quantitative estimate of drug-likeness (QED) is 0.850. The van der Waals surface area contributed by atoms with E-state index in [9.17, 15) is 0 Å². The summed E-state index contributed by atoms with van der Waals surface area (Å²) in [6.45, 7) is 0.990. The van der Waals surface area contributed by atoms with Crippen molar-refractivity contribution in [3.63, 3.8) is 0 Å². The van der Waals surface area contributed by atoms with Crippen molar-refractivity contribution >= 4 is 0 Å². The van der Waals surface area contributed by atoms with Crippen LogP contribution in [0.2, 0.25) is 0 Å². The van der Waals surface area contributed by atoms with Crippen LogP contribution < -0.4 is 18.9 Å². The van der Waals surface area contributed by atoms with E-state index in [1.807, 2.05) is 36.4 Å². The molecule has 2 aromatic carbocycles. The van der Waals surface area contributed by atoms with Gasteiger partial charge in [0.15, 0.2) is 23.0 Å². The lowest BCUT2D eigenvalue weighted by Crippen LogP contribution is -1.93. The van der Waals surface area contributed by atoms with Gasteiger partial charge < -0.3 is 24.1 Å². The maximum Gasteiger partial charge on any atom is 0.231 e. The molecule has 0 spiro atoms. The fraction of sp³-hybridized carbons (Fsp3) is 0.368. The first-order valence-corrected chi connectivity index (χ1v) is 8.21. The normalized spacial score (nSPS) is 13.4. The van der Waals surface area contributed by atoms with Crippen LogP contribution >= 0.6 is 0 Å². The monoisotopic (exact) mass is 330 g/mol. The largest absolute Gasteiger partial charge is 0.454 e. The number of rotatable bonds is 5. The number of aliphatic hydroxyl groups is 1. The Kier molecular flexibility index (Phi) is 5.80. The Morgan fingerprint density at radius 1 is 0.708 bits per heavy atom. The average Bonchev–Trinajstić information content (AvgIpc) is 3.27. The summed E-state index contributed by atoms with van der Waals surface area (Å²) >= 11 is 0. The molecule has 2 aromatic rings. The highest BCUT2D eigenvalue weighted by Crippen LogP contribution is 2.33. The molecule has 1 N–H and O–H groups in total. The van der Waals surface area contributed by atoms with Gasteiger partial charge in [0.05, 0.1) is 0 Å². The van der Waals surface area contributed by atoms with Gasteiger partial charge in [0.25, 0.3) is 0 Å². The highest BCUT2D eigenvalue weighted by Gasteiger charge is 2.12. The van der Waals surface area contributed by atoms with Gasteiger partial charge in [-0.2, -0.15) is 0 Å². The minimum atomic E-state index is 0.293. The van der Waals surface area contributed by atoms with Crippen molar-refractivity contribution in [3.8, 4) is 23.0 Å². The minimum Gasteiger partial charge on any atom is -0.454 e. The van der Waals surface area contributed by atoms with Crippen molar-refractivity contribution in [2.24, 2.45) is 0 Å². The standard InChI is InChI=1S/C12H16O3.C7H6O2/c13-7-3-1-2-4-10-5-6-11-12(8-10)15-9-14-11;1-2-4-7-6(3-1)8-5-9-7/h5-6,8,13H,1-4,7,9H2;1-4H,5H2. The van der Waals surface area contributed by atoms with Crippen LogP contribution in [0.15, 0.2) is 42.5 Å². The second-order valence-corrected chi connectivity index (χ2v) is 5.58. The number of benzene rings is 2. The zero-order valence-corrected chi connectivity index (χ0v) is 13.6. The van der Waals surface area contributed by atoms with E-state index in [0.29, 0.717) is 20.2 Å². The maximum absolute atomic E-state index is 8.65. The Morgan fingerprint density at radius 3 is 2.00 bits per heavy atom. The van der Waals surface area contributed by atoms with Crippen molar-refractivity contribution in [1.29, 1.82) is 0 Å². The van der Waals surface area contributed by atoms with Gasteiger partial charge in [0.2, 0.25) is 13.6 Å². The van der Waals surface area contributed by atoms with E-state index in [1.54, 1.807) is 0 Å². The van der Waals surface area contributed by atoms with Gasteiger partial charge >= 0.3 is 0 Å². The molecule has 5 heteroatoms. The Morgan fingerprint density at radius 2 is 1.33 bits per heavy atom. The highest BCUT2D eigenvalue weighted by molar-refractivity contribution is 5.44. The van der Waals surface area contributed by atoms with Crippen molar-refractivity contribution in [2.45, 2.75) is 25.7 Å². The molecule has 0 unspecified atom stereocenters. The predicted octanol–water partition coefficient (Wildman–Crippen LogP) is 3.54. The molecular formula is C19H22O5. The third-order valence-corrected chi connectivity index (χ3v) is 3.84. The highest BCUT2D eigenvalue weighted by atomic mass is 16.7. The molecule has 0 amide bonds. The van der Waals surface area contributed by atoms with E-state index in [4.69, 9.17) is 24.1 Å². The minimum absolute atomic E-state index is 0.293. The van der Waals surface area contributed by atoms with Gasteiger partial charge in [-0.25, -0.2) is 0 Å². The van der Waals surface area contributed by atoms with Crippen LogP contribution in [0, 0.1) is 0 Å². The summed E-state index contributed by atoms with van der Waals surface area (Å²) in [6, 6.07) is 13.7. The first-order chi connectivity index (χ1) is 11.9. The van der Waals surface area contributed by atoms with E-state index in [2.05, 4.69) is 6.07 Å². The summed E-state index contributed by atoms with van der Waals surface area (Å²) in [7, 11) is 0. The Labute approximate surface area is 141 Å². The summed E-state index contributed by atoms with van der Waals surface area (Å²) in [4.78, 5) is 0. The molecule has 128 valence electrons. The predicted molar refractivity (Wildman–Crippen MR) is 89.8 cm³/mol. The molecule has 0 radical (unpaired) electrons. The number of para-hydroxylation sites is 2. The molecule has 2 heterocycles. The number of ether oxygens (including phenoxy) is 4. The van der Waals surface area contributed by atoms with Crippen molar-refractivity contribution < 1.29 is 24.1 Å². The lowest BCUT2D eigenvalue weighted by molar-refractivity contribution is 0.173. The molecule has 0 aliphatic carbocycles. The van der Waals surface area contributed by atoms with Gasteiger partial charge in [0.1, 0.15) is 0 Å². The van der Waals surface area contributed by atoms with Crippen LogP contribution in [0.3, 0.4) is 0 Å². The van der Waals surface area contributed by atoms with Crippen molar-refractivity contribution in [2.75, 3.05) is 20.2 Å². The summed E-state index contributed by atoms with van der Waals surface area (Å²) in [5.41, 5.74) is 1.28.